The summed E-state index contributed by atoms with van der Waals surface area (Å²) in [6.45, 7) is 0.188. The number of aromatic nitrogens is 2. The van der Waals surface area contributed by atoms with Gasteiger partial charge in [0.2, 0.25) is 0 Å². The van der Waals surface area contributed by atoms with Crippen molar-refractivity contribution < 1.29 is 13.2 Å². The molecule has 1 heterocycles. The molecule has 5 rings (SSSR count). The van der Waals surface area contributed by atoms with E-state index in [1.165, 1.54) is 17.2 Å². The standard InChI is InChI=1S/C24H20F3N3/c25-24(26,27)21-11-17(18-7-8-22-23(12-18)30-14-29-22)5-6-19(21)13-28-20-9-15-3-1-2-4-16(15)10-20/h1-8,11-12,14,20,28H,9-10,13H2,(H,29,30). The molecule has 0 aliphatic heterocycles. The van der Waals surface area contributed by atoms with Crippen LogP contribution in [0.2, 0.25) is 0 Å². The molecular weight excluding hydrogens is 387 g/mol. The minimum Gasteiger partial charge on any atom is -0.345 e. The van der Waals surface area contributed by atoms with Gasteiger partial charge in [-0.3, -0.25) is 0 Å². The largest absolute Gasteiger partial charge is 0.416 e. The first kappa shape index (κ1) is 18.9. The predicted octanol–water partition coefficient (Wildman–Crippen LogP) is 5.51. The second-order valence-corrected chi connectivity index (χ2v) is 7.76. The Morgan fingerprint density at radius 3 is 2.37 bits per heavy atom. The van der Waals surface area contributed by atoms with Crippen molar-refractivity contribution in [3.63, 3.8) is 0 Å². The molecule has 0 radical (unpaired) electrons. The van der Waals surface area contributed by atoms with Gasteiger partial charge in [-0.2, -0.15) is 13.2 Å². The number of fused-ring (bicyclic) bond motifs is 2. The van der Waals surface area contributed by atoms with Crippen LogP contribution in [-0.2, 0) is 25.6 Å². The van der Waals surface area contributed by atoms with Gasteiger partial charge in [-0.25, -0.2) is 4.98 Å². The third kappa shape index (κ3) is 3.59. The Morgan fingerprint density at radius 1 is 0.933 bits per heavy atom. The molecule has 4 aromatic rings. The van der Waals surface area contributed by atoms with E-state index in [-0.39, 0.29) is 18.2 Å². The van der Waals surface area contributed by atoms with Crippen LogP contribution < -0.4 is 5.32 Å². The number of halogens is 3. The monoisotopic (exact) mass is 407 g/mol. The third-order valence-electron chi connectivity index (χ3n) is 5.80. The Kier molecular flexibility index (Phi) is 4.59. The summed E-state index contributed by atoms with van der Waals surface area (Å²) < 4.78 is 41.5. The first-order chi connectivity index (χ1) is 14.5. The number of aromatic amines is 1. The van der Waals surface area contributed by atoms with E-state index in [0.29, 0.717) is 5.56 Å². The summed E-state index contributed by atoms with van der Waals surface area (Å²) in [7, 11) is 0. The Bertz CT molecular complexity index is 1180. The number of imidazole rings is 1. The SMILES string of the molecule is FC(F)(F)c1cc(-c2ccc3nc[nH]c3c2)ccc1CNC1Cc2ccccc2C1. The predicted molar refractivity (Wildman–Crippen MR) is 111 cm³/mol. The number of hydrogen-bond acceptors (Lipinski definition) is 2. The number of H-pyrrole nitrogens is 1. The average Bonchev–Trinajstić information content (AvgIpc) is 3.37. The molecule has 6 heteroatoms. The molecule has 0 bridgehead atoms. The van der Waals surface area contributed by atoms with Gasteiger partial charge < -0.3 is 10.3 Å². The van der Waals surface area contributed by atoms with E-state index in [4.69, 9.17) is 0 Å². The highest BCUT2D eigenvalue weighted by atomic mass is 19.4. The molecular formula is C24H20F3N3. The summed E-state index contributed by atoms with van der Waals surface area (Å²) >= 11 is 0. The highest BCUT2D eigenvalue weighted by Gasteiger charge is 2.34. The summed E-state index contributed by atoms with van der Waals surface area (Å²) in [5, 5.41) is 3.32. The van der Waals surface area contributed by atoms with Crippen LogP contribution >= 0.6 is 0 Å². The van der Waals surface area contributed by atoms with E-state index in [1.807, 2.05) is 24.3 Å². The number of nitrogens with one attached hydrogen (secondary N) is 2. The molecule has 0 atom stereocenters. The summed E-state index contributed by atoms with van der Waals surface area (Å²) in [5.41, 5.74) is 5.07. The topological polar surface area (TPSA) is 40.7 Å². The molecule has 0 saturated carbocycles. The van der Waals surface area contributed by atoms with Gasteiger partial charge in [0.15, 0.2) is 0 Å². The minimum atomic E-state index is -4.41. The fourth-order valence-corrected chi connectivity index (χ4v) is 4.25. The maximum atomic E-state index is 13.8. The average molecular weight is 407 g/mol. The maximum Gasteiger partial charge on any atom is 0.416 e. The van der Waals surface area contributed by atoms with E-state index in [2.05, 4.69) is 27.4 Å². The fraction of sp³-hybridized carbons (Fsp3) is 0.208. The fourth-order valence-electron chi connectivity index (χ4n) is 4.25. The van der Waals surface area contributed by atoms with E-state index < -0.39 is 11.7 Å². The van der Waals surface area contributed by atoms with Crippen LogP contribution in [0.25, 0.3) is 22.2 Å². The van der Waals surface area contributed by atoms with Gasteiger partial charge in [0.05, 0.1) is 22.9 Å². The van der Waals surface area contributed by atoms with Gasteiger partial charge >= 0.3 is 6.18 Å². The van der Waals surface area contributed by atoms with Crippen molar-refractivity contribution in [3.05, 3.63) is 89.2 Å². The van der Waals surface area contributed by atoms with E-state index in [9.17, 15) is 13.2 Å². The van der Waals surface area contributed by atoms with Crippen molar-refractivity contribution in [2.45, 2.75) is 31.6 Å². The van der Waals surface area contributed by atoms with Crippen LogP contribution in [0.5, 0.6) is 0 Å². The molecule has 0 unspecified atom stereocenters. The molecule has 3 aromatic carbocycles. The molecule has 1 aromatic heterocycles. The second-order valence-electron chi connectivity index (χ2n) is 7.76. The first-order valence-corrected chi connectivity index (χ1v) is 9.91. The molecule has 0 saturated heterocycles. The maximum absolute atomic E-state index is 13.8. The van der Waals surface area contributed by atoms with Gasteiger partial charge in [-0.15, -0.1) is 0 Å². The lowest BCUT2D eigenvalue weighted by molar-refractivity contribution is -0.138. The number of nitrogens with zero attached hydrogens (tertiary/aromatic N) is 1. The van der Waals surface area contributed by atoms with Crippen molar-refractivity contribution in [1.82, 2.24) is 15.3 Å². The highest BCUT2D eigenvalue weighted by molar-refractivity contribution is 5.81. The van der Waals surface area contributed by atoms with Gasteiger partial charge in [0.25, 0.3) is 0 Å². The number of alkyl halides is 3. The quantitative estimate of drug-likeness (QED) is 0.469. The highest BCUT2D eigenvalue weighted by Crippen LogP contribution is 2.36. The minimum absolute atomic E-state index is 0.158. The van der Waals surface area contributed by atoms with Gasteiger partial charge in [-0.05, 0) is 58.9 Å². The van der Waals surface area contributed by atoms with Crippen LogP contribution in [0.1, 0.15) is 22.3 Å². The van der Waals surface area contributed by atoms with Gasteiger partial charge in [0.1, 0.15) is 0 Å². The van der Waals surface area contributed by atoms with Crippen molar-refractivity contribution in [2.75, 3.05) is 0 Å². The Balaban J connectivity index is 1.40. The lowest BCUT2D eigenvalue weighted by Crippen LogP contribution is -2.30. The van der Waals surface area contributed by atoms with Gasteiger partial charge in [-0.1, -0.05) is 42.5 Å². The molecule has 30 heavy (non-hydrogen) atoms. The summed E-state index contributed by atoms with van der Waals surface area (Å²) in [6, 6.07) is 18.4. The normalized spacial score (nSPS) is 14.4. The van der Waals surface area contributed by atoms with Crippen LogP contribution in [-0.4, -0.2) is 16.0 Å². The lowest BCUT2D eigenvalue weighted by Gasteiger charge is -2.18. The molecule has 152 valence electrons. The first-order valence-electron chi connectivity index (χ1n) is 9.91. The van der Waals surface area contributed by atoms with Crippen LogP contribution in [0.15, 0.2) is 67.0 Å². The molecule has 0 amide bonds. The van der Waals surface area contributed by atoms with Crippen molar-refractivity contribution >= 4 is 11.0 Å². The van der Waals surface area contributed by atoms with Crippen LogP contribution in [0.4, 0.5) is 13.2 Å². The van der Waals surface area contributed by atoms with E-state index >= 15 is 0 Å². The number of rotatable bonds is 4. The molecule has 1 aliphatic rings. The summed E-state index contributed by atoms with van der Waals surface area (Å²) in [4.78, 5) is 7.16. The zero-order valence-electron chi connectivity index (χ0n) is 16.1. The van der Waals surface area contributed by atoms with Crippen LogP contribution in [0, 0.1) is 0 Å². The Labute approximate surface area is 172 Å². The second kappa shape index (κ2) is 7.29. The molecule has 1 aliphatic carbocycles. The summed E-state index contributed by atoms with van der Waals surface area (Å²) in [5.74, 6) is 0. The third-order valence-corrected chi connectivity index (χ3v) is 5.80. The lowest BCUT2D eigenvalue weighted by atomic mass is 9.98. The molecule has 2 N–H and O–H groups in total. The summed E-state index contributed by atoms with van der Waals surface area (Å²) in [6.07, 6.45) is -1.14. The van der Waals surface area contributed by atoms with Crippen molar-refractivity contribution in [1.29, 1.82) is 0 Å². The van der Waals surface area contributed by atoms with Gasteiger partial charge in [0, 0.05) is 12.6 Å². The Hall–Kier alpha value is -3.12. The van der Waals surface area contributed by atoms with Crippen molar-refractivity contribution in [3.8, 4) is 11.1 Å². The number of hydrogen-bond donors (Lipinski definition) is 2. The van der Waals surface area contributed by atoms with Crippen molar-refractivity contribution in [2.24, 2.45) is 0 Å². The van der Waals surface area contributed by atoms with Crippen LogP contribution in [0.3, 0.4) is 0 Å². The number of benzene rings is 3. The Morgan fingerprint density at radius 2 is 1.63 bits per heavy atom. The van der Waals surface area contributed by atoms with E-state index in [1.54, 1.807) is 24.5 Å². The molecule has 0 fully saturated rings. The van der Waals surface area contributed by atoms with E-state index in [0.717, 1.165) is 29.4 Å². The molecule has 0 spiro atoms. The smallest absolute Gasteiger partial charge is 0.345 e. The molecule has 3 nitrogen and oxygen atoms in total. The zero-order chi connectivity index (χ0) is 20.7. The zero-order valence-corrected chi connectivity index (χ0v) is 16.1.